The first-order valence-electron chi connectivity index (χ1n) is 3.76. The van der Waals surface area contributed by atoms with Crippen LogP contribution < -0.4 is 10.3 Å². The number of rotatable bonds is 1. The molecule has 4 heteroatoms. The normalized spacial score (nSPS) is 9.38. The lowest BCUT2D eigenvalue weighted by Crippen LogP contribution is -2.21. The maximum absolute atomic E-state index is 11.5. The average molecular weight is 178 g/mol. The first-order valence-corrected chi connectivity index (χ1v) is 3.76. The molecule has 0 aliphatic heterocycles. The summed E-state index contributed by atoms with van der Waals surface area (Å²) < 4.78 is 6.27. The summed E-state index contributed by atoms with van der Waals surface area (Å²) in [4.78, 5) is 11.5. The number of hydrogen-bond donors (Lipinski definition) is 0. The summed E-state index contributed by atoms with van der Waals surface area (Å²) in [6.45, 7) is 1.71. The van der Waals surface area contributed by atoms with Crippen LogP contribution in [0.2, 0.25) is 0 Å². The highest BCUT2D eigenvalue weighted by Gasteiger charge is 2.08. The summed E-state index contributed by atoms with van der Waals surface area (Å²) >= 11 is 0. The number of aromatic nitrogens is 1. The fourth-order valence-electron chi connectivity index (χ4n) is 1.12. The van der Waals surface area contributed by atoms with Crippen molar-refractivity contribution < 1.29 is 4.74 Å². The van der Waals surface area contributed by atoms with Crippen molar-refractivity contribution in [1.82, 2.24) is 4.57 Å². The molecule has 0 saturated carbocycles. The Morgan fingerprint density at radius 1 is 1.62 bits per heavy atom. The number of hydrogen-bond acceptors (Lipinski definition) is 3. The smallest absolute Gasteiger partial charge is 0.271 e. The van der Waals surface area contributed by atoms with Crippen LogP contribution in [0.25, 0.3) is 0 Å². The molecule has 68 valence electrons. The number of methoxy groups -OCH3 is 1. The minimum absolute atomic E-state index is 0.170. The van der Waals surface area contributed by atoms with E-state index in [0.29, 0.717) is 11.4 Å². The van der Waals surface area contributed by atoms with Gasteiger partial charge in [0.05, 0.1) is 7.11 Å². The van der Waals surface area contributed by atoms with Crippen LogP contribution in [0.3, 0.4) is 0 Å². The zero-order valence-corrected chi connectivity index (χ0v) is 7.79. The van der Waals surface area contributed by atoms with Gasteiger partial charge in [-0.1, -0.05) is 0 Å². The molecule has 0 aliphatic carbocycles. The van der Waals surface area contributed by atoms with Crippen LogP contribution in [0.4, 0.5) is 0 Å². The number of pyridine rings is 1. The Labute approximate surface area is 76.0 Å². The Kier molecular flexibility index (Phi) is 2.38. The van der Waals surface area contributed by atoms with Gasteiger partial charge in [-0.05, 0) is 12.5 Å². The lowest BCUT2D eigenvalue weighted by atomic mass is 10.2. The van der Waals surface area contributed by atoms with Gasteiger partial charge in [0.25, 0.3) is 5.56 Å². The van der Waals surface area contributed by atoms with Gasteiger partial charge in [-0.15, -0.1) is 0 Å². The molecule has 1 heterocycles. The molecule has 0 saturated heterocycles. The predicted octanol–water partition coefficient (Wildman–Crippen LogP) is 0.574. The predicted molar refractivity (Wildman–Crippen MR) is 47.7 cm³/mol. The monoisotopic (exact) mass is 178 g/mol. The Balaban J connectivity index is 3.58. The summed E-state index contributed by atoms with van der Waals surface area (Å²) in [6.07, 6.45) is 0. The highest BCUT2D eigenvalue weighted by atomic mass is 16.5. The van der Waals surface area contributed by atoms with Crippen LogP contribution in [-0.4, -0.2) is 11.7 Å². The van der Waals surface area contributed by atoms with Gasteiger partial charge in [0.1, 0.15) is 11.6 Å². The third-order valence-electron chi connectivity index (χ3n) is 1.90. The molecule has 0 aromatic carbocycles. The zero-order valence-electron chi connectivity index (χ0n) is 7.79. The Morgan fingerprint density at radius 2 is 2.23 bits per heavy atom. The minimum Gasteiger partial charge on any atom is -0.482 e. The first kappa shape index (κ1) is 9.33. The zero-order chi connectivity index (χ0) is 10.0. The summed E-state index contributed by atoms with van der Waals surface area (Å²) in [5.41, 5.74) is 0.491. The van der Waals surface area contributed by atoms with Gasteiger partial charge in [0.15, 0.2) is 5.88 Å². The number of nitrogens with zero attached hydrogens (tertiary/aromatic N) is 2. The van der Waals surface area contributed by atoms with Gasteiger partial charge in [0.2, 0.25) is 0 Å². The van der Waals surface area contributed by atoms with Crippen LogP contribution in [0.5, 0.6) is 5.88 Å². The van der Waals surface area contributed by atoms with Gasteiger partial charge < -0.3 is 4.74 Å². The van der Waals surface area contributed by atoms with E-state index in [0.717, 1.165) is 0 Å². The van der Waals surface area contributed by atoms with Gasteiger partial charge in [-0.2, -0.15) is 5.26 Å². The molecule has 1 aromatic heterocycles. The van der Waals surface area contributed by atoms with Crippen LogP contribution in [0.1, 0.15) is 11.1 Å². The van der Waals surface area contributed by atoms with Crippen molar-refractivity contribution in [2.45, 2.75) is 6.92 Å². The summed E-state index contributed by atoms with van der Waals surface area (Å²) in [5.74, 6) is 0.460. The largest absolute Gasteiger partial charge is 0.482 e. The van der Waals surface area contributed by atoms with E-state index in [1.165, 1.54) is 11.7 Å². The van der Waals surface area contributed by atoms with Crippen molar-refractivity contribution in [2.24, 2.45) is 7.05 Å². The number of nitriles is 1. The van der Waals surface area contributed by atoms with Crippen LogP contribution in [-0.2, 0) is 7.05 Å². The topological polar surface area (TPSA) is 55.0 Å². The maximum atomic E-state index is 11.5. The summed E-state index contributed by atoms with van der Waals surface area (Å²) in [7, 11) is 3.06. The Morgan fingerprint density at radius 3 is 2.69 bits per heavy atom. The van der Waals surface area contributed by atoms with E-state index >= 15 is 0 Å². The van der Waals surface area contributed by atoms with E-state index in [1.807, 2.05) is 6.07 Å². The maximum Gasteiger partial charge on any atom is 0.271 e. The number of ether oxygens (including phenoxy) is 1. The summed E-state index contributed by atoms with van der Waals surface area (Å²) in [6, 6.07) is 3.53. The van der Waals surface area contributed by atoms with Crippen LogP contribution in [0.15, 0.2) is 10.9 Å². The SMILES string of the molecule is COc1cc(C)c(C#N)c(=O)n1C. The van der Waals surface area contributed by atoms with E-state index in [4.69, 9.17) is 10.00 Å². The van der Waals surface area contributed by atoms with Gasteiger partial charge in [-0.25, -0.2) is 0 Å². The lowest BCUT2D eigenvalue weighted by Gasteiger charge is -2.07. The molecule has 0 fully saturated rings. The molecule has 0 spiro atoms. The fourth-order valence-corrected chi connectivity index (χ4v) is 1.12. The van der Waals surface area contributed by atoms with E-state index in [9.17, 15) is 4.79 Å². The van der Waals surface area contributed by atoms with E-state index in [1.54, 1.807) is 20.0 Å². The van der Waals surface area contributed by atoms with Crippen molar-refractivity contribution in [3.8, 4) is 11.9 Å². The van der Waals surface area contributed by atoms with Gasteiger partial charge >= 0.3 is 0 Å². The lowest BCUT2D eigenvalue weighted by molar-refractivity contribution is 0.375. The molecule has 0 bridgehead atoms. The second-order valence-electron chi connectivity index (χ2n) is 2.72. The van der Waals surface area contributed by atoms with Gasteiger partial charge in [-0.3, -0.25) is 9.36 Å². The molecule has 1 aromatic rings. The number of aryl methyl sites for hydroxylation is 1. The van der Waals surface area contributed by atoms with E-state index < -0.39 is 0 Å². The molecule has 0 N–H and O–H groups in total. The van der Waals surface area contributed by atoms with Crippen molar-refractivity contribution in [1.29, 1.82) is 5.26 Å². The molecular weight excluding hydrogens is 168 g/mol. The highest BCUT2D eigenvalue weighted by Crippen LogP contribution is 2.11. The third-order valence-corrected chi connectivity index (χ3v) is 1.90. The minimum atomic E-state index is -0.320. The molecule has 4 nitrogen and oxygen atoms in total. The van der Waals surface area contributed by atoms with Crippen molar-refractivity contribution in [3.63, 3.8) is 0 Å². The van der Waals surface area contributed by atoms with E-state index in [2.05, 4.69) is 0 Å². The summed E-state index contributed by atoms with van der Waals surface area (Å²) in [5, 5.41) is 8.68. The second kappa shape index (κ2) is 3.31. The molecule has 0 radical (unpaired) electrons. The fraction of sp³-hybridized carbons (Fsp3) is 0.333. The molecule has 0 amide bonds. The molecule has 1 rings (SSSR count). The van der Waals surface area contributed by atoms with E-state index in [-0.39, 0.29) is 11.1 Å². The van der Waals surface area contributed by atoms with Gasteiger partial charge in [0, 0.05) is 13.1 Å². The Hall–Kier alpha value is -1.76. The van der Waals surface area contributed by atoms with Crippen molar-refractivity contribution >= 4 is 0 Å². The molecular formula is C9H10N2O2. The first-order chi connectivity index (χ1) is 6.11. The average Bonchev–Trinajstić information content (AvgIpc) is 2.12. The quantitative estimate of drug-likeness (QED) is 0.631. The van der Waals surface area contributed by atoms with Crippen molar-refractivity contribution in [3.05, 3.63) is 27.5 Å². The molecule has 13 heavy (non-hydrogen) atoms. The second-order valence-corrected chi connectivity index (χ2v) is 2.72. The van der Waals surface area contributed by atoms with Crippen molar-refractivity contribution in [2.75, 3.05) is 7.11 Å². The molecule has 0 aliphatic rings. The van der Waals surface area contributed by atoms with Crippen LogP contribution in [0, 0.1) is 18.3 Å². The molecule has 0 unspecified atom stereocenters. The molecule has 0 atom stereocenters. The van der Waals surface area contributed by atoms with Crippen LogP contribution >= 0.6 is 0 Å². The highest BCUT2D eigenvalue weighted by molar-refractivity contribution is 5.37. The standard InChI is InChI=1S/C9H10N2O2/c1-6-4-8(13-3)11(2)9(12)7(6)5-10/h4H,1-3H3. The third kappa shape index (κ3) is 1.41. The Bertz CT molecular complexity index is 426.